The van der Waals surface area contributed by atoms with Crippen molar-refractivity contribution in [1.29, 1.82) is 0 Å². The van der Waals surface area contributed by atoms with E-state index in [1.54, 1.807) is 11.8 Å². The van der Waals surface area contributed by atoms with E-state index in [4.69, 9.17) is 0 Å². The highest BCUT2D eigenvalue weighted by Gasteiger charge is 2.42. The van der Waals surface area contributed by atoms with Gasteiger partial charge < -0.3 is 5.32 Å². The maximum atomic E-state index is 12.4. The molecule has 0 aliphatic heterocycles. The average Bonchev–Trinajstić information content (AvgIpc) is 3.16. The summed E-state index contributed by atoms with van der Waals surface area (Å²) in [5, 5.41) is 4.06. The van der Waals surface area contributed by atoms with Crippen molar-refractivity contribution in [1.82, 2.24) is 15.3 Å². The van der Waals surface area contributed by atoms with Gasteiger partial charge in [0.15, 0.2) is 5.16 Å². The molecular formula is C19H29N3OS. The summed E-state index contributed by atoms with van der Waals surface area (Å²) in [6.07, 6.45) is 8.71. The van der Waals surface area contributed by atoms with E-state index in [1.165, 1.54) is 25.7 Å². The molecule has 4 nitrogen and oxygen atoms in total. The van der Waals surface area contributed by atoms with Crippen LogP contribution in [0.1, 0.15) is 56.0 Å². The summed E-state index contributed by atoms with van der Waals surface area (Å²) >= 11 is 1.56. The number of carbonyl (C=O) groups is 1. The molecule has 4 atom stereocenters. The Morgan fingerprint density at radius 2 is 1.96 bits per heavy atom. The first-order valence-corrected chi connectivity index (χ1v) is 10.4. The van der Waals surface area contributed by atoms with Crippen LogP contribution in [0.25, 0.3) is 0 Å². The van der Waals surface area contributed by atoms with Crippen LogP contribution in [-0.2, 0) is 11.2 Å². The highest BCUT2D eigenvalue weighted by atomic mass is 32.2. The molecule has 1 N–H and O–H groups in total. The van der Waals surface area contributed by atoms with E-state index in [9.17, 15) is 4.79 Å². The lowest BCUT2D eigenvalue weighted by Gasteiger charge is -2.28. The monoisotopic (exact) mass is 347 g/mol. The molecule has 2 bridgehead atoms. The van der Waals surface area contributed by atoms with E-state index in [2.05, 4.69) is 22.2 Å². The van der Waals surface area contributed by atoms with Gasteiger partial charge >= 0.3 is 0 Å². The number of aryl methyl sites for hydroxylation is 2. The molecule has 2 aliphatic rings. The second-order valence-electron chi connectivity index (χ2n) is 7.55. The number of amides is 1. The number of nitrogens with one attached hydrogen (secondary N) is 1. The van der Waals surface area contributed by atoms with Crippen molar-refractivity contribution in [3.05, 3.63) is 17.0 Å². The Kier molecular flexibility index (Phi) is 5.48. The van der Waals surface area contributed by atoms with Gasteiger partial charge in [-0.1, -0.05) is 18.2 Å². The Labute approximate surface area is 149 Å². The lowest BCUT2D eigenvalue weighted by molar-refractivity contribution is -0.122. The molecule has 0 saturated heterocycles. The standard InChI is InChI=1S/C19H29N3OS/c1-11-16(12(2)22-19(21-11)24-4)7-8-18(23)20-13(3)17-10-14-5-6-15(17)9-14/h13-15,17H,5-10H2,1-4H3,(H,20,23). The summed E-state index contributed by atoms with van der Waals surface area (Å²) in [5.41, 5.74) is 3.12. The number of hydrogen-bond acceptors (Lipinski definition) is 4. The molecule has 0 spiro atoms. The van der Waals surface area contributed by atoms with Crippen molar-refractivity contribution in [3.8, 4) is 0 Å². The van der Waals surface area contributed by atoms with Crippen molar-refractivity contribution < 1.29 is 4.79 Å². The maximum absolute atomic E-state index is 12.4. The van der Waals surface area contributed by atoms with Crippen LogP contribution < -0.4 is 5.32 Å². The second-order valence-corrected chi connectivity index (χ2v) is 8.33. The lowest BCUT2D eigenvalue weighted by atomic mass is 9.84. The average molecular weight is 348 g/mol. The predicted molar refractivity (Wildman–Crippen MR) is 98.2 cm³/mol. The number of nitrogens with zero attached hydrogens (tertiary/aromatic N) is 2. The Bertz CT molecular complexity index is 596. The fourth-order valence-corrected chi connectivity index (χ4v) is 5.20. The smallest absolute Gasteiger partial charge is 0.220 e. The van der Waals surface area contributed by atoms with Gasteiger partial charge in [-0.25, -0.2) is 9.97 Å². The van der Waals surface area contributed by atoms with E-state index in [-0.39, 0.29) is 5.91 Å². The minimum absolute atomic E-state index is 0.165. The Morgan fingerprint density at radius 3 is 2.50 bits per heavy atom. The normalized spacial score (nSPS) is 26.6. The van der Waals surface area contributed by atoms with Crippen LogP contribution in [0.4, 0.5) is 0 Å². The van der Waals surface area contributed by atoms with Crippen LogP contribution in [0.5, 0.6) is 0 Å². The first kappa shape index (κ1) is 17.7. The van der Waals surface area contributed by atoms with Crippen LogP contribution >= 0.6 is 11.8 Å². The summed E-state index contributed by atoms with van der Waals surface area (Å²) in [5.74, 6) is 2.64. The molecule has 1 amide bonds. The molecule has 0 aromatic carbocycles. The van der Waals surface area contributed by atoms with Crippen LogP contribution in [0.3, 0.4) is 0 Å². The number of hydrogen-bond donors (Lipinski definition) is 1. The highest BCUT2D eigenvalue weighted by Crippen LogP contribution is 2.49. The highest BCUT2D eigenvalue weighted by molar-refractivity contribution is 7.98. The molecule has 1 aromatic heterocycles. The van der Waals surface area contributed by atoms with Crippen molar-refractivity contribution >= 4 is 17.7 Å². The third kappa shape index (κ3) is 3.76. The zero-order valence-electron chi connectivity index (χ0n) is 15.3. The molecule has 2 aliphatic carbocycles. The van der Waals surface area contributed by atoms with E-state index in [1.807, 2.05) is 20.1 Å². The van der Waals surface area contributed by atoms with Crippen molar-refractivity contribution in [2.45, 2.75) is 70.5 Å². The van der Waals surface area contributed by atoms with E-state index < -0.39 is 0 Å². The van der Waals surface area contributed by atoms with E-state index in [0.717, 1.165) is 40.4 Å². The fraction of sp³-hybridized carbons (Fsp3) is 0.737. The van der Waals surface area contributed by atoms with Crippen molar-refractivity contribution in [2.24, 2.45) is 17.8 Å². The van der Waals surface area contributed by atoms with Crippen molar-refractivity contribution in [2.75, 3.05) is 6.26 Å². The maximum Gasteiger partial charge on any atom is 0.220 e. The van der Waals surface area contributed by atoms with Crippen LogP contribution in [-0.4, -0.2) is 28.2 Å². The topological polar surface area (TPSA) is 54.9 Å². The Morgan fingerprint density at radius 1 is 1.25 bits per heavy atom. The molecule has 1 aromatic rings. The van der Waals surface area contributed by atoms with Gasteiger partial charge in [-0.3, -0.25) is 4.79 Å². The molecule has 3 rings (SSSR count). The summed E-state index contributed by atoms with van der Waals surface area (Å²) < 4.78 is 0. The number of aromatic nitrogens is 2. The lowest BCUT2D eigenvalue weighted by Crippen LogP contribution is -2.40. The SMILES string of the molecule is CSc1nc(C)c(CCC(=O)NC(C)C2CC3CCC2C3)c(C)n1. The number of carbonyl (C=O) groups excluding carboxylic acids is 1. The van der Waals surface area contributed by atoms with Crippen LogP contribution in [0.15, 0.2) is 5.16 Å². The van der Waals surface area contributed by atoms with Gasteiger partial charge in [0.2, 0.25) is 5.91 Å². The predicted octanol–water partition coefficient (Wildman–Crippen LogP) is 3.69. The van der Waals surface area contributed by atoms with Crippen LogP contribution in [0, 0.1) is 31.6 Å². The summed E-state index contributed by atoms with van der Waals surface area (Å²) in [6, 6.07) is 0.310. The summed E-state index contributed by atoms with van der Waals surface area (Å²) in [7, 11) is 0. The van der Waals surface area contributed by atoms with Gasteiger partial charge in [0.05, 0.1) is 0 Å². The number of rotatable bonds is 6. The van der Waals surface area contributed by atoms with E-state index >= 15 is 0 Å². The van der Waals surface area contributed by atoms with Gasteiger partial charge in [0.25, 0.3) is 0 Å². The zero-order chi connectivity index (χ0) is 17.3. The zero-order valence-corrected chi connectivity index (χ0v) is 16.1. The number of thioether (sulfide) groups is 1. The van der Waals surface area contributed by atoms with Crippen molar-refractivity contribution in [3.63, 3.8) is 0 Å². The van der Waals surface area contributed by atoms with Crippen LogP contribution in [0.2, 0.25) is 0 Å². The second kappa shape index (κ2) is 7.42. The molecule has 2 saturated carbocycles. The molecule has 0 radical (unpaired) electrons. The van der Waals surface area contributed by atoms with Gasteiger partial charge in [0, 0.05) is 23.9 Å². The quantitative estimate of drug-likeness (QED) is 0.630. The third-order valence-corrected chi connectivity index (χ3v) is 6.56. The summed E-state index contributed by atoms with van der Waals surface area (Å²) in [6.45, 7) is 6.22. The molecule has 1 heterocycles. The molecular weight excluding hydrogens is 318 g/mol. The van der Waals surface area contributed by atoms with Gasteiger partial charge in [-0.15, -0.1) is 0 Å². The van der Waals surface area contributed by atoms with Gasteiger partial charge in [0.1, 0.15) is 0 Å². The molecule has 4 unspecified atom stereocenters. The molecule has 132 valence electrons. The molecule has 2 fully saturated rings. The minimum Gasteiger partial charge on any atom is -0.353 e. The molecule has 24 heavy (non-hydrogen) atoms. The first-order chi connectivity index (χ1) is 11.5. The van der Waals surface area contributed by atoms with Gasteiger partial charge in [-0.05, 0) is 76.0 Å². The number of fused-ring (bicyclic) bond motifs is 2. The minimum atomic E-state index is 0.165. The Balaban J connectivity index is 1.52. The Hall–Kier alpha value is -1.10. The first-order valence-electron chi connectivity index (χ1n) is 9.15. The van der Waals surface area contributed by atoms with Gasteiger partial charge in [-0.2, -0.15) is 0 Å². The fourth-order valence-electron chi connectivity index (χ4n) is 4.74. The van der Waals surface area contributed by atoms with E-state index in [0.29, 0.717) is 18.4 Å². The largest absolute Gasteiger partial charge is 0.353 e. The third-order valence-electron chi connectivity index (χ3n) is 6.01. The molecule has 5 heteroatoms. The summed E-state index contributed by atoms with van der Waals surface area (Å²) in [4.78, 5) is 21.4.